The molecule has 0 aliphatic carbocycles. The molecule has 4 heteroatoms. The molecule has 0 aliphatic heterocycles. The molecule has 0 radical (unpaired) electrons. The van der Waals surface area contributed by atoms with E-state index in [2.05, 4.69) is 11.8 Å². The molecule has 0 amide bonds. The molecule has 0 aromatic heterocycles. The van der Waals surface area contributed by atoms with Gasteiger partial charge < -0.3 is 5.73 Å². The zero-order valence-corrected chi connectivity index (χ0v) is 7.14. The van der Waals surface area contributed by atoms with Crippen molar-refractivity contribution in [2.24, 2.45) is 0 Å². The first-order chi connectivity index (χ1) is 6.65. The highest BCUT2D eigenvalue weighted by molar-refractivity contribution is 5.56. The number of rotatable bonds is 0. The predicted molar refractivity (Wildman–Crippen MR) is 47.9 cm³/mol. The molecule has 0 aliphatic rings. The normalized spacial score (nSPS) is 8.64. The maximum Gasteiger partial charge on any atom is 0.160 e. The van der Waals surface area contributed by atoms with Crippen molar-refractivity contribution in [2.75, 3.05) is 5.73 Å². The minimum atomic E-state index is -1.01. The summed E-state index contributed by atoms with van der Waals surface area (Å²) in [5.41, 5.74) is 5.64. The molecule has 1 rings (SSSR count). The van der Waals surface area contributed by atoms with Crippen molar-refractivity contribution in [3.8, 4) is 17.9 Å². The van der Waals surface area contributed by atoms with Crippen molar-refractivity contribution in [3.63, 3.8) is 0 Å². The first kappa shape index (κ1) is 10.0. The third-order valence-electron chi connectivity index (χ3n) is 1.48. The molecule has 0 saturated carbocycles. The van der Waals surface area contributed by atoms with Crippen LogP contribution in [0.4, 0.5) is 14.5 Å². The molecule has 2 nitrogen and oxygen atoms in total. The fourth-order valence-corrected chi connectivity index (χ4v) is 0.849. The Morgan fingerprint density at radius 1 is 1.29 bits per heavy atom. The molecule has 0 saturated heterocycles. The Labute approximate surface area is 80.0 Å². The number of hydrogen-bond donors (Lipinski definition) is 1. The minimum Gasteiger partial charge on any atom is -0.398 e. The summed E-state index contributed by atoms with van der Waals surface area (Å²) < 4.78 is 25.3. The zero-order valence-electron chi connectivity index (χ0n) is 7.14. The summed E-state index contributed by atoms with van der Waals surface area (Å²) in [6, 6.07) is 3.58. The van der Waals surface area contributed by atoms with Gasteiger partial charge in [0.1, 0.15) is 0 Å². The molecule has 1 aromatic rings. The van der Waals surface area contributed by atoms with Crippen LogP contribution in [0.25, 0.3) is 0 Å². The molecule has 0 fully saturated rings. The third kappa shape index (κ3) is 2.21. The maximum atomic E-state index is 12.7. The Balaban J connectivity index is 3.07. The zero-order chi connectivity index (χ0) is 10.6. The van der Waals surface area contributed by atoms with Crippen molar-refractivity contribution in [1.82, 2.24) is 0 Å². The lowest BCUT2D eigenvalue weighted by atomic mass is 10.1. The maximum absolute atomic E-state index is 12.7. The average Bonchev–Trinajstić information content (AvgIpc) is 2.14. The van der Waals surface area contributed by atoms with Gasteiger partial charge in [-0.1, -0.05) is 11.8 Å². The molecular formula is C10H6F2N2. The van der Waals surface area contributed by atoms with Crippen LogP contribution in [0.3, 0.4) is 0 Å². The van der Waals surface area contributed by atoms with Gasteiger partial charge in [0, 0.05) is 6.07 Å². The first-order valence-electron chi connectivity index (χ1n) is 3.75. The second kappa shape index (κ2) is 4.25. The van der Waals surface area contributed by atoms with Crippen LogP contribution >= 0.6 is 0 Å². The molecule has 0 heterocycles. The monoisotopic (exact) mass is 192 g/mol. The van der Waals surface area contributed by atoms with E-state index in [0.29, 0.717) is 0 Å². The Hall–Kier alpha value is -2.07. The summed E-state index contributed by atoms with van der Waals surface area (Å²) in [5, 5.41) is 8.19. The van der Waals surface area contributed by atoms with E-state index in [1.165, 1.54) is 0 Å². The molecule has 0 atom stereocenters. The van der Waals surface area contributed by atoms with Gasteiger partial charge in [0.05, 0.1) is 23.7 Å². The summed E-state index contributed by atoms with van der Waals surface area (Å²) in [6.07, 6.45) is 0.0262. The van der Waals surface area contributed by atoms with E-state index in [-0.39, 0.29) is 17.7 Å². The van der Waals surface area contributed by atoms with Crippen LogP contribution < -0.4 is 5.73 Å². The summed E-state index contributed by atoms with van der Waals surface area (Å²) in [6.45, 7) is 0. The molecule has 1 aromatic carbocycles. The standard InChI is InChI=1S/C10H6F2N2/c11-8-5-7(3-1-2-4-13)10(14)6-9(8)12/h5-6H,2,14H2. The number of nitrogens with zero attached hydrogens (tertiary/aromatic N) is 1. The summed E-state index contributed by atoms with van der Waals surface area (Å²) >= 11 is 0. The first-order valence-corrected chi connectivity index (χ1v) is 3.75. The Morgan fingerprint density at radius 3 is 2.57 bits per heavy atom. The van der Waals surface area contributed by atoms with Crippen LogP contribution in [0.5, 0.6) is 0 Å². The fourth-order valence-electron chi connectivity index (χ4n) is 0.849. The Kier molecular flexibility index (Phi) is 3.04. The lowest BCUT2D eigenvalue weighted by Crippen LogP contribution is -1.94. The van der Waals surface area contributed by atoms with Crippen LogP contribution in [0.2, 0.25) is 0 Å². The van der Waals surface area contributed by atoms with Gasteiger partial charge in [0.15, 0.2) is 11.6 Å². The average molecular weight is 192 g/mol. The van der Waals surface area contributed by atoms with Crippen LogP contribution in [0.1, 0.15) is 12.0 Å². The van der Waals surface area contributed by atoms with E-state index >= 15 is 0 Å². The van der Waals surface area contributed by atoms with E-state index < -0.39 is 11.6 Å². The van der Waals surface area contributed by atoms with Gasteiger partial charge in [-0.3, -0.25) is 0 Å². The molecule has 0 unspecified atom stereocenters. The van der Waals surface area contributed by atoms with Crippen molar-refractivity contribution < 1.29 is 8.78 Å². The molecule has 0 bridgehead atoms. The number of nitrogen functional groups attached to an aromatic ring is 1. The van der Waals surface area contributed by atoms with Gasteiger partial charge in [-0.05, 0) is 6.07 Å². The van der Waals surface area contributed by atoms with Crippen LogP contribution in [-0.2, 0) is 0 Å². The van der Waals surface area contributed by atoms with Gasteiger partial charge in [0.25, 0.3) is 0 Å². The molecule has 14 heavy (non-hydrogen) atoms. The number of halogens is 2. The number of hydrogen-bond acceptors (Lipinski definition) is 2. The van der Waals surface area contributed by atoms with Crippen molar-refractivity contribution in [1.29, 1.82) is 5.26 Å². The van der Waals surface area contributed by atoms with Gasteiger partial charge in [-0.2, -0.15) is 5.26 Å². The Bertz CT molecular complexity index is 450. The van der Waals surface area contributed by atoms with E-state index in [4.69, 9.17) is 11.0 Å². The van der Waals surface area contributed by atoms with Crippen LogP contribution in [0.15, 0.2) is 12.1 Å². The smallest absolute Gasteiger partial charge is 0.160 e. The van der Waals surface area contributed by atoms with Gasteiger partial charge in [-0.25, -0.2) is 8.78 Å². The molecular weight excluding hydrogens is 186 g/mol. The highest BCUT2D eigenvalue weighted by atomic mass is 19.2. The van der Waals surface area contributed by atoms with E-state index in [0.717, 1.165) is 12.1 Å². The van der Waals surface area contributed by atoms with Crippen molar-refractivity contribution >= 4 is 5.69 Å². The van der Waals surface area contributed by atoms with E-state index in [1.54, 1.807) is 6.07 Å². The third-order valence-corrected chi connectivity index (χ3v) is 1.48. The van der Waals surface area contributed by atoms with E-state index in [9.17, 15) is 8.78 Å². The lowest BCUT2D eigenvalue weighted by molar-refractivity contribution is 0.509. The van der Waals surface area contributed by atoms with E-state index in [1.807, 2.05) is 0 Å². The Morgan fingerprint density at radius 2 is 1.93 bits per heavy atom. The SMILES string of the molecule is N#CCC#Cc1cc(F)c(F)cc1N. The second-order valence-corrected chi connectivity index (χ2v) is 2.49. The fraction of sp³-hybridized carbons (Fsp3) is 0.100. The topological polar surface area (TPSA) is 49.8 Å². The highest BCUT2D eigenvalue weighted by Crippen LogP contribution is 2.15. The van der Waals surface area contributed by atoms with Crippen molar-refractivity contribution in [3.05, 3.63) is 29.3 Å². The van der Waals surface area contributed by atoms with Gasteiger partial charge in [0.2, 0.25) is 0 Å². The number of nitriles is 1. The summed E-state index contributed by atoms with van der Waals surface area (Å²) in [4.78, 5) is 0. The summed E-state index contributed by atoms with van der Waals surface area (Å²) in [5.74, 6) is 2.93. The van der Waals surface area contributed by atoms with Gasteiger partial charge >= 0.3 is 0 Å². The highest BCUT2D eigenvalue weighted by Gasteiger charge is 2.05. The minimum absolute atomic E-state index is 0.0262. The van der Waals surface area contributed by atoms with Crippen molar-refractivity contribution in [2.45, 2.75) is 6.42 Å². The number of benzene rings is 1. The quantitative estimate of drug-likeness (QED) is 0.503. The molecule has 70 valence electrons. The summed E-state index contributed by atoms with van der Waals surface area (Å²) in [7, 11) is 0. The number of nitrogens with two attached hydrogens (primary N) is 1. The lowest BCUT2D eigenvalue weighted by Gasteiger charge is -1.98. The van der Waals surface area contributed by atoms with Crippen LogP contribution in [0, 0.1) is 34.8 Å². The molecule has 0 spiro atoms. The van der Waals surface area contributed by atoms with Gasteiger partial charge in [-0.15, -0.1) is 0 Å². The largest absolute Gasteiger partial charge is 0.398 e. The second-order valence-electron chi connectivity index (χ2n) is 2.49. The molecule has 2 N–H and O–H groups in total. The number of anilines is 1. The predicted octanol–water partition coefficient (Wildman–Crippen LogP) is 1.81. The van der Waals surface area contributed by atoms with Crippen LogP contribution in [-0.4, -0.2) is 0 Å².